The van der Waals surface area contributed by atoms with Crippen LogP contribution < -0.4 is 0 Å². The average Bonchev–Trinajstić information content (AvgIpc) is 3.74. The van der Waals surface area contributed by atoms with Gasteiger partial charge in [0.1, 0.15) is 11.2 Å². The SMILES string of the molecule is [2H]c1c([2H])c([2H])c2c(-c3ccc4oc5cc6ccccc6cc5c4c3)c3c([2H])c([2H])c([2H])c([2H])c3c(-c3ccc(-c4ccc5c(c4)C(C)(C)c4ccccc4-5)cc3)c2c1[2H]. The van der Waals surface area contributed by atoms with Crippen molar-refractivity contribution in [2.45, 2.75) is 19.3 Å². The van der Waals surface area contributed by atoms with Gasteiger partial charge in [0.05, 0.1) is 11.0 Å². The molecule has 0 saturated carbocycles. The van der Waals surface area contributed by atoms with Crippen LogP contribution in [0.1, 0.15) is 35.9 Å². The molecule has 11 rings (SSSR count). The highest BCUT2D eigenvalue weighted by Crippen LogP contribution is 2.50. The summed E-state index contributed by atoms with van der Waals surface area (Å²) in [4.78, 5) is 0. The number of rotatable bonds is 3. The Labute approximate surface area is 313 Å². The fraction of sp³-hybridized carbons (Fsp3) is 0.0588. The minimum Gasteiger partial charge on any atom is -0.456 e. The highest BCUT2D eigenvalue weighted by Gasteiger charge is 2.35. The number of benzene rings is 9. The maximum absolute atomic E-state index is 9.41. The van der Waals surface area contributed by atoms with Gasteiger partial charge in [-0.1, -0.05) is 153 Å². The van der Waals surface area contributed by atoms with Gasteiger partial charge >= 0.3 is 0 Å². The second kappa shape index (κ2) is 10.8. The maximum Gasteiger partial charge on any atom is 0.136 e. The quantitative estimate of drug-likeness (QED) is 0.171. The van der Waals surface area contributed by atoms with E-state index < -0.39 is 24.2 Å². The Bertz CT molecular complexity index is 3470. The Morgan fingerprint density at radius 2 is 0.962 bits per heavy atom. The van der Waals surface area contributed by atoms with Crippen LogP contribution in [0.3, 0.4) is 0 Å². The van der Waals surface area contributed by atoms with Gasteiger partial charge in [-0.2, -0.15) is 0 Å². The van der Waals surface area contributed by atoms with E-state index in [1.165, 1.54) is 22.3 Å². The first-order valence-corrected chi connectivity index (χ1v) is 17.5. The van der Waals surface area contributed by atoms with Crippen LogP contribution in [0.5, 0.6) is 0 Å². The zero-order valence-corrected chi connectivity index (χ0v) is 28.5. The average molecular weight is 671 g/mol. The van der Waals surface area contributed by atoms with Crippen LogP contribution in [0.15, 0.2) is 174 Å². The molecule has 1 nitrogen and oxygen atoms in total. The van der Waals surface area contributed by atoms with Gasteiger partial charge in [-0.3, -0.25) is 0 Å². The van der Waals surface area contributed by atoms with Crippen LogP contribution in [-0.2, 0) is 5.41 Å². The molecule has 1 heteroatoms. The van der Waals surface area contributed by atoms with Gasteiger partial charge < -0.3 is 4.42 Å². The summed E-state index contributed by atoms with van der Waals surface area (Å²) < 4.78 is 79.4. The molecule has 1 aromatic heterocycles. The standard InChI is InChI=1S/C51H34O/c1-51(2)45-18-10-9-13-37(45)38-25-23-35(29-46(38)51)31-19-21-32(22-20-31)49-39-14-5-7-16-41(39)50(42-17-8-6-15-40(42)49)36-24-26-47-43(28-36)44-27-33-11-3-4-12-34(33)30-48(44)52-47/h3-30H,1-2H3/i5D,6D,7D,8D,14D,15D,16D,17D. The summed E-state index contributed by atoms with van der Waals surface area (Å²) in [5, 5.41) is 4.40. The van der Waals surface area contributed by atoms with Gasteiger partial charge in [-0.15, -0.1) is 0 Å². The summed E-state index contributed by atoms with van der Waals surface area (Å²) in [6.45, 7) is 4.48. The van der Waals surface area contributed by atoms with E-state index in [0.29, 0.717) is 33.4 Å². The van der Waals surface area contributed by atoms with Crippen molar-refractivity contribution in [1.82, 2.24) is 0 Å². The maximum atomic E-state index is 9.41. The molecule has 52 heavy (non-hydrogen) atoms. The Balaban J connectivity index is 1.19. The van der Waals surface area contributed by atoms with E-state index >= 15 is 0 Å². The summed E-state index contributed by atoms with van der Waals surface area (Å²) in [6.07, 6.45) is 0. The van der Waals surface area contributed by atoms with Gasteiger partial charge in [-0.05, 0) is 118 Å². The van der Waals surface area contributed by atoms with Gasteiger partial charge in [-0.25, -0.2) is 0 Å². The van der Waals surface area contributed by atoms with Crippen molar-refractivity contribution in [2.75, 3.05) is 0 Å². The molecular formula is C51H34O. The number of fused-ring (bicyclic) bond motifs is 9. The van der Waals surface area contributed by atoms with Gasteiger partial charge in [0.25, 0.3) is 0 Å². The van der Waals surface area contributed by atoms with E-state index in [1.54, 1.807) is 6.07 Å². The second-order valence-corrected chi connectivity index (χ2v) is 14.3. The molecule has 0 bridgehead atoms. The fourth-order valence-corrected chi connectivity index (χ4v) is 8.53. The Morgan fingerprint density at radius 3 is 1.67 bits per heavy atom. The van der Waals surface area contributed by atoms with Crippen molar-refractivity contribution in [3.05, 3.63) is 181 Å². The highest BCUT2D eigenvalue weighted by molar-refractivity contribution is 6.22. The number of hydrogen-bond donors (Lipinski definition) is 0. The minimum atomic E-state index is -0.432. The van der Waals surface area contributed by atoms with Crippen molar-refractivity contribution < 1.29 is 15.4 Å². The molecule has 0 atom stereocenters. The summed E-state index contributed by atoms with van der Waals surface area (Å²) in [5.74, 6) is 0. The molecule has 0 fully saturated rings. The Kier molecular flexibility index (Phi) is 4.64. The third-order valence-electron chi connectivity index (χ3n) is 11.1. The lowest BCUT2D eigenvalue weighted by molar-refractivity contribution is 0.660. The van der Waals surface area contributed by atoms with Crippen LogP contribution in [0, 0.1) is 0 Å². The lowest BCUT2D eigenvalue weighted by atomic mass is 9.81. The van der Waals surface area contributed by atoms with E-state index in [2.05, 4.69) is 62.4 Å². The third kappa shape index (κ3) is 4.17. The second-order valence-electron chi connectivity index (χ2n) is 14.3. The fourth-order valence-electron chi connectivity index (χ4n) is 8.53. The first-order valence-electron chi connectivity index (χ1n) is 21.5. The van der Waals surface area contributed by atoms with Crippen LogP contribution in [0.25, 0.3) is 98.8 Å². The van der Waals surface area contributed by atoms with Crippen LogP contribution in [-0.4, -0.2) is 0 Å². The van der Waals surface area contributed by atoms with Crippen molar-refractivity contribution in [2.24, 2.45) is 0 Å². The molecule has 1 aliphatic rings. The predicted molar refractivity (Wildman–Crippen MR) is 220 cm³/mol. The third-order valence-corrected chi connectivity index (χ3v) is 11.1. The normalized spacial score (nSPS) is 15.5. The minimum absolute atomic E-state index is 0.177. The number of furan rings is 1. The first-order chi connectivity index (χ1) is 28.8. The Hall–Kier alpha value is -6.44. The monoisotopic (exact) mass is 670 g/mol. The van der Waals surface area contributed by atoms with E-state index in [0.717, 1.165) is 32.7 Å². The molecule has 244 valence electrons. The molecule has 0 radical (unpaired) electrons. The summed E-state index contributed by atoms with van der Waals surface area (Å²) >= 11 is 0. The largest absolute Gasteiger partial charge is 0.456 e. The van der Waals surface area contributed by atoms with Crippen LogP contribution in [0.4, 0.5) is 0 Å². The molecule has 0 saturated heterocycles. The van der Waals surface area contributed by atoms with Gasteiger partial charge in [0, 0.05) is 16.2 Å². The smallest absolute Gasteiger partial charge is 0.136 e. The molecule has 1 aliphatic carbocycles. The summed E-state index contributed by atoms with van der Waals surface area (Å²) in [5.41, 5.74) is 9.78. The molecule has 0 N–H and O–H groups in total. The van der Waals surface area contributed by atoms with Crippen molar-refractivity contribution in [3.63, 3.8) is 0 Å². The lowest BCUT2D eigenvalue weighted by Crippen LogP contribution is -2.14. The molecular weight excluding hydrogens is 629 g/mol. The van der Waals surface area contributed by atoms with Gasteiger partial charge in [0.15, 0.2) is 0 Å². The first kappa shape index (κ1) is 22.4. The molecule has 0 unspecified atom stereocenters. The molecule has 0 aliphatic heterocycles. The van der Waals surface area contributed by atoms with E-state index in [1.807, 2.05) is 66.7 Å². The zero-order chi connectivity index (χ0) is 41.5. The topological polar surface area (TPSA) is 13.1 Å². The van der Waals surface area contributed by atoms with Crippen LogP contribution >= 0.6 is 0 Å². The van der Waals surface area contributed by atoms with Gasteiger partial charge in [0.2, 0.25) is 0 Å². The molecule has 0 amide bonds. The summed E-state index contributed by atoms with van der Waals surface area (Å²) in [7, 11) is 0. The number of hydrogen-bond acceptors (Lipinski definition) is 1. The van der Waals surface area contributed by atoms with E-state index in [4.69, 9.17) is 9.90 Å². The van der Waals surface area contributed by atoms with E-state index in [9.17, 15) is 5.48 Å². The van der Waals surface area contributed by atoms with Crippen LogP contribution in [0.2, 0.25) is 0 Å². The molecule has 0 spiro atoms. The highest BCUT2D eigenvalue weighted by atomic mass is 16.3. The lowest BCUT2D eigenvalue weighted by Gasteiger charge is -2.22. The molecule has 10 aromatic rings. The zero-order valence-electron chi connectivity index (χ0n) is 36.5. The summed E-state index contributed by atoms with van der Waals surface area (Å²) in [6, 6.07) is 37.4. The predicted octanol–water partition coefficient (Wildman–Crippen LogP) is 14.4. The van der Waals surface area contributed by atoms with Crippen molar-refractivity contribution in [1.29, 1.82) is 0 Å². The Morgan fingerprint density at radius 1 is 0.423 bits per heavy atom. The van der Waals surface area contributed by atoms with Crippen molar-refractivity contribution in [3.8, 4) is 44.5 Å². The molecule has 9 aromatic carbocycles. The van der Waals surface area contributed by atoms with Crippen molar-refractivity contribution >= 4 is 54.3 Å². The molecule has 1 heterocycles. The van der Waals surface area contributed by atoms with E-state index in [-0.39, 0.29) is 51.1 Å².